The molecule has 1 atom stereocenters. The van der Waals surface area contributed by atoms with E-state index in [1.165, 1.54) is 23.1 Å². The molecule has 1 aliphatic rings. The maximum atomic E-state index is 12.1. The van der Waals surface area contributed by atoms with Crippen LogP contribution in [0.4, 0.5) is 5.69 Å². The molecule has 10 heteroatoms. The lowest BCUT2D eigenvalue weighted by Gasteiger charge is -2.17. The molecule has 1 aromatic rings. The summed E-state index contributed by atoms with van der Waals surface area (Å²) in [5.74, 6) is -0.846. The van der Waals surface area contributed by atoms with Gasteiger partial charge in [-0.15, -0.1) is 12.4 Å². The number of carbonyl (C=O) groups is 2. The summed E-state index contributed by atoms with van der Waals surface area (Å²) in [7, 11) is -2.06. The van der Waals surface area contributed by atoms with Crippen LogP contribution in [-0.2, 0) is 19.6 Å². The number of benzene rings is 1. The van der Waals surface area contributed by atoms with Crippen LogP contribution in [-0.4, -0.2) is 46.9 Å². The standard InChI is InChI=1S/C14H20N4O4S.ClH/c1-16-5-6-17-14(20)10-7-13(19)18(9-10)11-3-2-4-12(8-11)23(15,21)22;/h2-4,8,10,16H,5-7,9H2,1H3,(H,17,20)(H2,15,21,22);1H. The molecule has 2 amide bonds. The van der Waals surface area contributed by atoms with Gasteiger partial charge in [0, 0.05) is 31.7 Å². The average Bonchev–Trinajstić information content (AvgIpc) is 2.89. The van der Waals surface area contributed by atoms with E-state index < -0.39 is 15.9 Å². The van der Waals surface area contributed by atoms with E-state index in [0.717, 1.165) is 0 Å². The molecule has 0 aliphatic carbocycles. The molecule has 0 saturated carbocycles. The molecule has 134 valence electrons. The molecule has 0 aromatic heterocycles. The Morgan fingerprint density at radius 2 is 2.08 bits per heavy atom. The summed E-state index contributed by atoms with van der Waals surface area (Å²) in [6.45, 7) is 1.35. The summed E-state index contributed by atoms with van der Waals surface area (Å²) in [5, 5.41) is 10.8. The topological polar surface area (TPSA) is 122 Å². The predicted octanol–water partition coefficient (Wildman–Crippen LogP) is -0.556. The molecule has 8 nitrogen and oxygen atoms in total. The largest absolute Gasteiger partial charge is 0.355 e. The Morgan fingerprint density at radius 3 is 2.71 bits per heavy atom. The highest BCUT2D eigenvalue weighted by Crippen LogP contribution is 2.26. The Labute approximate surface area is 147 Å². The van der Waals surface area contributed by atoms with Gasteiger partial charge in [0.2, 0.25) is 21.8 Å². The molecule has 1 unspecified atom stereocenters. The van der Waals surface area contributed by atoms with Gasteiger partial charge in [-0.3, -0.25) is 9.59 Å². The summed E-state index contributed by atoms with van der Waals surface area (Å²) in [6.07, 6.45) is 0.102. The summed E-state index contributed by atoms with van der Waals surface area (Å²) in [5.41, 5.74) is 0.423. The minimum absolute atomic E-state index is 0. The molecule has 0 spiro atoms. The Bertz CT molecular complexity index is 710. The first-order valence-electron chi connectivity index (χ1n) is 7.18. The number of hydrogen-bond acceptors (Lipinski definition) is 5. The molecule has 2 rings (SSSR count). The van der Waals surface area contributed by atoms with Gasteiger partial charge in [0.15, 0.2) is 0 Å². The molecule has 4 N–H and O–H groups in total. The van der Waals surface area contributed by atoms with Gasteiger partial charge in [-0.25, -0.2) is 13.6 Å². The first-order valence-corrected chi connectivity index (χ1v) is 8.73. The molecular formula is C14H21ClN4O4S. The molecule has 1 fully saturated rings. The summed E-state index contributed by atoms with van der Waals surface area (Å²) in [6, 6.07) is 5.84. The van der Waals surface area contributed by atoms with Gasteiger partial charge < -0.3 is 15.5 Å². The van der Waals surface area contributed by atoms with Crippen LogP contribution < -0.4 is 20.7 Å². The van der Waals surface area contributed by atoms with Crippen molar-refractivity contribution in [2.45, 2.75) is 11.3 Å². The van der Waals surface area contributed by atoms with Crippen molar-refractivity contribution in [1.82, 2.24) is 10.6 Å². The van der Waals surface area contributed by atoms with Gasteiger partial charge in [-0.05, 0) is 25.2 Å². The molecule has 1 heterocycles. The number of amides is 2. The first kappa shape index (κ1) is 20.4. The zero-order chi connectivity index (χ0) is 17.0. The SMILES string of the molecule is CNCCNC(=O)C1CC(=O)N(c2cccc(S(N)(=O)=O)c2)C1.Cl. The number of primary sulfonamides is 1. The van der Waals surface area contributed by atoms with Crippen molar-refractivity contribution in [1.29, 1.82) is 0 Å². The van der Waals surface area contributed by atoms with Gasteiger partial charge in [0.1, 0.15) is 0 Å². The molecular weight excluding hydrogens is 356 g/mol. The van der Waals surface area contributed by atoms with Crippen LogP contribution in [0.15, 0.2) is 29.2 Å². The molecule has 1 saturated heterocycles. The van der Waals surface area contributed by atoms with Crippen LogP contribution >= 0.6 is 12.4 Å². The second-order valence-electron chi connectivity index (χ2n) is 5.34. The van der Waals surface area contributed by atoms with Crippen molar-refractivity contribution >= 4 is 39.9 Å². The fourth-order valence-electron chi connectivity index (χ4n) is 2.42. The van der Waals surface area contributed by atoms with Crippen molar-refractivity contribution in [3.05, 3.63) is 24.3 Å². The van der Waals surface area contributed by atoms with Gasteiger partial charge >= 0.3 is 0 Å². The number of rotatable bonds is 6. The van der Waals surface area contributed by atoms with E-state index in [9.17, 15) is 18.0 Å². The van der Waals surface area contributed by atoms with Crippen LogP contribution in [0.2, 0.25) is 0 Å². The Hall–Kier alpha value is -1.68. The van der Waals surface area contributed by atoms with Gasteiger partial charge in [0.25, 0.3) is 0 Å². The van der Waals surface area contributed by atoms with E-state index in [0.29, 0.717) is 18.8 Å². The zero-order valence-electron chi connectivity index (χ0n) is 13.2. The highest BCUT2D eigenvalue weighted by Gasteiger charge is 2.35. The number of carbonyl (C=O) groups excluding carboxylic acids is 2. The third kappa shape index (κ3) is 4.91. The van der Waals surface area contributed by atoms with E-state index in [-0.39, 0.29) is 42.1 Å². The quantitative estimate of drug-likeness (QED) is 0.575. The van der Waals surface area contributed by atoms with Crippen LogP contribution in [0, 0.1) is 5.92 Å². The summed E-state index contributed by atoms with van der Waals surface area (Å²) < 4.78 is 22.8. The number of halogens is 1. The maximum absolute atomic E-state index is 12.1. The highest BCUT2D eigenvalue weighted by molar-refractivity contribution is 7.89. The molecule has 0 radical (unpaired) electrons. The normalized spacial score (nSPS) is 17.5. The maximum Gasteiger partial charge on any atom is 0.238 e. The van der Waals surface area contributed by atoms with E-state index in [1.54, 1.807) is 13.1 Å². The average molecular weight is 377 g/mol. The van der Waals surface area contributed by atoms with Crippen molar-refractivity contribution in [3.8, 4) is 0 Å². The molecule has 1 aliphatic heterocycles. The number of anilines is 1. The van der Waals surface area contributed by atoms with Gasteiger partial charge in [0.05, 0.1) is 10.8 Å². The lowest BCUT2D eigenvalue weighted by molar-refractivity contribution is -0.126. The third-order valence-corrected chi connectivity index (χ3v) is 4.54. The molecule has 0 bridgehead atoms. The van der Waals surface area contributed by atoms with Crippen molar-refractivity contribution in [3.63, 3.8) is 0 Å². The number of sulfonamides is 1. The number of nitrogens with one attached hydrogen (secondary N) is 2. The smallest absolute Gasteiger partial charge is 0.238 e. The molecule has 1 aromatic carbocycles. The molecule has 24 heavy (non-hydrogen) atoms. The van der Waals surface area contributed by atoms with Crippen LogP contribution in [0.1, 0.15) is 6.42 Å². The second-order valence-corrected chi connectivity index (χ2v) is 6.90. The van der Waals surface area contributed by atoms with Crippen molar-refractivity contribution < 1.29 is 18.0 Å². The zero-order valence-corrected chi connectivity index (χ0v) is 14.8. The highest BCUT2D eigenvalue weighted by atomic mass is 35.5. The van der Waals surface area contributed by atoms with Gasteiger partial charge in [-0.2, -0.15) is 0 Å². The monoisotopic (exact) mass is 376 g/mol. The van der Waals surface area contributed by atoms with Gasteiger partial charge in [-0.1, -0.05) is 6.07 Å². The van der Waals surface area contributed by atoms with E-state index in [4.69, 9.17) is 5.14 Å². The number of likely N-dealkylation sites (N-methyl/N-ethyl adjacent to an activating group) is 1. The second kappa shape index (κ2) is 8.43. The summed E-state index contributed by atoms with van der Waals surface area (Å²) in [4.78, 5) is 25.5. The minimum atomic E-state index is -3.84. The Balaban J connectivity index is 0.00000288. The fourth-order valence-corrected chi connectivity index (χ4v) is 2.97. The van der Waals surface area contributed by atoms with Crippen LogP contribution in [0.25, 0.3) is 0 Å². The van der Waals surface area contributed by atoms with Crippen LogP contribution in [0.3, 0.4) is 0 Å². The van der Waals surface area contributed by atoms with Crippen molar-refractivity contribution in [2.24, 2.45) is 11.1 Å². The minimum Gasteiger partial charge on any atom is -0.355 e. The first-order chi connectivity index (χ1) is 10.8. The van der Waals surface area contributed by atoms with E-state index in [2.05, 4.69) is 10.6 Å². The summed E-state index contributed by atoms with van der Waals surface area (Å²) >= 11 is 0. The van der Waals surface area contributed by atoms with Crippen molar-refractivity contribution in [2.75, 3.05) is 31.6 Å². The number of nitrogens with two attached hydrogens (primary N) is 1. The third-order valence-electron chi connectivity index (χ3n) is 3.63. The van der Waals surface area contributed by atoms with Crippen LogP contribution in [0.5, 0.6) is 0 Å². The Kier molecular flexibility index (Phi) is 7.15. The number of hydrogen-bond donors (Lipinski definition) is 3. The van der Waals surface area contributed by atoms with E-state index >= 15 is 0 Å². The lowest BCUT2D eigenvalue weighted by atomic mass is 10.1. The fraction of sp³-hybridized carbons (Fsp3) is 0.429. The Morgan fingerprint density at radius 1 is 1.38 bits per heavy atom. The lowest BCUT2D eigenvalue weighted by Crippen LogP contribution is -2.36. The van der Waals surface area contributed by atoms with E-state index in [1.807, 2.05) is 0 Å². The predicted molar refractivity (Wildman–Crippen MR) is 92.5 cm³/mol. The number of nitrogens with zero attached hydrogens (tertiary/aromatic N) is 1.